The molecule has 0 bridgehead atoms. The fourth-order valence-electron chi connectivity index (χ4n) is 1.56. The van der Waals surface area contributed by atoms with Gasteiger partial charge in [-0.2, -0.15) is 4.39 Å². The highest BCUT2D eigenvalue weighted by Gasteiger charge is 2.20. The second-order valence-electron chi connectivity index (χ2n) is 3.86. The van der Waals surface area contributed by atoms with Crippen molar-refractivity contribution in [2.75, 3.05) is 0 Å². The van der Waals surface area contributed by atoms with Gasteiger partial charge in [0.05, 0.1) is 17.3 Å². The molecule has 2 aromatic rings. The van der Waals surface area contributed by atoms with Crippen LogP contribution in [0.4, 0.5) is 14.5 Å². The lowest BCUT2D eigenvalue weighted by Gasteiger charge is -2.06. The number of benzene rings is 1. The number of nitrogens with zero attached hydrogens (tertiary/aromatic N) is 1. The van der Waals surface area contributed by atoms with Crippen LogP contribution in [0, 0.1) is 21.7 Å². The minimum Gasteiger partial charge on any atom is -0.486 e. The minimum absolute atomic E-state index is 0.112. The van der Waals surface area contributed by atoms with Gasteiger partial charge in [-0.1, -0.05) is 0 Å². The molecule has 0 atom stereocenters. The van der Waals surface area contributed by atoms with Crippen molar-refractivity contribution in [1.29, 1.82) is 0 Å². The zero-order valence-corrected chi connectivity index (χ0v) is 10.2. The molecule has 0 aliphatic heterocycles. The Bertz CT molecular complexity index is 712. The second kappa shape index (κ2) is 5.57. The highest BCUT2D eigenvalue weighted by molar-refractivity contribution is 5.86. The van der Waals surface area contributed by atoms with Crippen molar-refractivity contribution in [3.8, 4) is 5.75 Å². The van der Waals surface area contributed by atoms with Crippen molar-refractivity contribution in [2.24, 2.45) is 0 Å². The van der Waals surface area contributed by atoms with Crippen LogP contribution in [0.3, 0.4) is 0 Å². The van der Waals surface area contributed by atoms with Crippen LogP contribution in [-0.2, 0) is 6.61 Å². The SMILES string of the molecule is O=C(O)c1occc1COc1cc(F)c([N+](=O)[O-])cc1F. The van der Waals surface area contributed by atoms with Gasteiger partial charge in [0.15, 0.2) is 11.6 Å². The number of hydrogen-bond donors (Lipinski definition) is 1. The zero-order valence-electron chi connectivity index (χ0n) is 10.2. The van der Waals surface area contributed by atoms with E-state index in [0.29, 0.717) is 12.1 Å². The maximum Gasteiger partial charge on any atom is 0.372 e. The lowest BCUT2D eigenvalue weighted by molar-refractivity contribution is -0.387. The second-order valence-corrected chi connectivity index (χ2v) is 3.86. The molecule has 21 heavy (non-hydrogen) atoms. The smallest absolute Gasteiger partial charge is 0.372 e. The molecule has 1 N–H and O–H groups in total. The summed E-state index contributed by atoms with van der Waals surface area (Å²) in [6, 6.07) is 2.20. The number of nitro groups is 1. The molecule has 1 aromatic carbocycles. The molecule has 0 saturated carbocycles. The monoisotopic (exact) mass is 299 g/mol. The van der Waals surface area contributed by atoms with Crippen LogP contribution in [0.25, 0.3) is 0 Å². The summed E-state index contributed by atoms with van der Waals surface area (Å²) in [4.78, 5) is 20.1. The lowest BCUT2D eigenvalue weighted by atomic mass is 10.2. The van der Waals surface area contributed by atoms with E-state index >= 15 is 0 Å². The first kappa shape index (κ1) is 14.4. The van der Waals surface area contributed by atoms with E-state index in [9.17, 15) is 23.7 Å². The molecule has 110 valence electrons. The summed E-state index contributed by atoms with van der Waals surface area (Å²) < 4.78 is 36.5. The molecule has 0 aliphatic carbocycles. The van der Waals surface area contributed by atoms with E-state index in [0.717, 1.165) is 6.26 Å². The van der Waals surface area contributed by atoms with Crippen molar-refractivity contribution >= 4 is 11.7 Å². The van der Waals surface area contributed by atoms with Crippen molar-refractivity contribution in [2.45, 2.75) is 6.61 Å². The average molecular weight is 299 g/mol. The molecule has 1 aromatic heterocycles. The van der Waals surface area contributed by atoms with Gasteiger partial charge in [-0.3, -0.25) is 10.1 Å². The van der Waals surface area contributed by atoms with E-state index in [2.05, 4.69) is 4.42 Å². The highest BCUT2D eigenvalue weighted by Crippen LogP contribution is 2.27. The number of hydrogen-bond acceptors (Lipinski definition) is 5. The van der Waals surface area contributed by atoms with Crippen LogP contribution < -0.4 is 4.74 Å². The number of furan rings is 1. The van der Waals surface area contributed by atoms with E-state index < -0.39 is 46.3 Å². The number of carboxylic acid groups (broad SMARTS) is 1. The minimum atomic E-state index is -1.34. The van der Waals surface area contributed by atoms with Crippen molar-refractivity contribution in [3.63, 3.8) is 0 Å². The first-order valence-corrected chi connectivity index (χ1v) is 5.46. The quantitative estimate of drug-likeness (QED) is 0.672. The van der Waals surface area contributed by atoms with Gasteiger partial charge < -0.3 is 14.3 Å². The van der Waals surface area contributed by atoms with Gasteiger partial charge in [0, 0.05) is 11.6 Å². The summed E-state index contributed by atoms with van der Waals surface area (Å²) in [6.45, 7) is -0.397. The van der Waals surface area contributed by atoms with Crippen molar-refractivity contribution in [1.82, 2.24) is 0 Å². The van der Waals surface area contributed by atoms with Crippen molar-refractivity contribution in [3.05, 3.63) is 57.5 Å². The lowest BCUT2D eigenvalue weighted by Crippen LogP contribution is -2.04. The van der Waals surface area contributed by atoms with Crippen molar-refractivity contribution < 1.29 is 32.8 Å². The molecule has 0 spiro atoms. The zero-order chi connectivity index (χ0) is 15.6. The fourth-order valence-corrected chi connectivity index (χ4v) is 1.56. The number of carboxylic acids is 1. The van der Waals surface area contributed by atoms with Crippen LogP contribution in [0.1, 0.15) is 16.1 Å². The molecule has 0 fully saturated rings. The maximum absolute atomic E-state index is 13.5. The molecular weight excluding hydrogens is 292 g/mol. The van der Waals surface area contributed by atoms with E-state index in [4.69, 9.17) is 9.84 Å². The Hall–Kier alpha value is -2.97. The molecule has 0 aliphatic rings. The standard InChI is InChI=1S/C12H7F2NO6/c13-7-4-10(8(14)3-9(7)15(18)19)21-5-6-1-2-20-11(6)12(16)17/h1-4H,5H2,(H,16,17). The Balaban J connectivity index is 2.21. The van der Waals surface area contributed by atoms with E-state index in [1.165, 1.54) is 6.07 Å². The van der Waals surface area contributed by atoms with Crippen LogP contribution in [0.15, 0.2) is 28.9 Å². The van der Waals surface area contributed by atoms with Gasteiger partial charge in [-0.15, -0.1) is 0 Å². The van der Waals surface area contributed by atoms with Crippen LogP contribution in [-0.4, -0.2) is 16.0 Å². The molecule has 2 rings (SSSR count). The first-order valence-electron chi connectivity index (χ1n) is 5.46. The number of carbonyl (C=O) groups is 1. The summed E-state index contributed by atoms with van der Waals surface area (Å²) >= 11 is 0. The van der Waals surface area contributed by atoms with Gasteiger partial charge in [0.2, 0.25) is 11.6 Å². The third kappa shape index (κ3) is 2.96. The summed E-state index contributed by atoms with van der Waals surface area (Å²) in [5.41, 5.74) is -0.907. The van der Waals surface area contributed by atoms with Crippen LogP contribution in [0.5, 0.6) is 5.75 Å². The van der Waals surface area contributed by atoms with Crippen LogP contribution >= 0.6 is 0 Å². The van der Waals surface area contributed by atoms with Gasteiger partial charge in [-0.25, -0.2) is 9.18 Å². The van der Waals surface area contributed by atoms with Crippen LogP contribution in [0.2, 0.25) is 0 Å². The molecule has 0 saturated heterocycles. The topological polar surface area (TPSA) is 103 Å². The van der Waals surface area contributed by atoms with Gasteiger partial charge in [0.1, 0.15) is 6.61 Å². The largest absolute Gasteiger partial charge is 0.486 e. The third-order valence-corrected chi connectivity index (χ3v) is 2.52. The first-order chi connectivity index (χ1) is 9.90. The summed E-state index contributed by atoms with van der Waals surface area (Å²) in [5, 5.41) is 19.2. The Morgan fingerprint density at radius 3 is 2.71 bits per heavy atom. The summed E-state index contributed by atoms with van der Waals surface area (Å²) in [6.07, 6.45) is 1.11. The Labute approximate surface area is 115 Å². The number of rotatable bonds is 5. The Kier molecular flexibility index (Phi) is 3.83. The van der Waals surface area contributed by atoms with Gasteiger partial charge >= 0.3 is 11.7 Å². The number of nitro benzene ring substituents is 1. The van der Waals surface area contributed by atoms with E-state index in [-0.39, 0.29) is 5.56 Å². The van der Waals surface area contributed by atoms with E-state index in [1.54, 1.807) is 0 Å². The Morgan fingerprint density at radius 1 is 1.38 bits per heavy atom. The van der Waals surface area contributed by atoms with Gasteiger partial charge in [0.25, 0.3) is 0 Å². The van der Waals surface area contributed by atoms with Gasteiger partial charge in [-0.05, 0) is 6.07 Å². The summed E-state index contributed by atoms with van der Waals surface area (Å²) in [7, 11) is 0. The number of aromatic carboxylic acids is 1. The molecule has 7 nitrogen and oxygen atoms in total. The predicted octanol–water partition coefficient (Wildman–Crippen LogP) is 2.74. The average Bonchev–Trinajstić information content (AvgIpc) is 2.87. The van der Waals surface area contributed by atoms with E-state index in [1.807, 2.05) is 0 Å². The predicted molar refractivity (Wildman–Crippen MR) is 63.0 cm³/mol. The third-order valence-electron chi connectivity index (χ3n) is 2.52. The summed E-state index contributed by atoms with van der Waals surface area (Å²) in [5.74, 6) is -4.70. The highest BCUT2D eigenvalue weighted by atomic mass is 19.1. The molecule has 0 radical (unpaired) electrons. The fraction of sp³-hybridized carbons (Fsp3) is 0.0833. The normalized spacial score (nSPS) is 10.4. The molecular formula is C12H7F2NO6. The number of ether oxygens (including phenoxy) is 1. The molecule has 0 amide bonds. The Morgan fingerprint density at radius 2 is 2.10 bits per heavy atom. The molecule has 1 heterocycles. The maximum atomic E-state index is 13.5. The number of halogens is 2. The molecule has 9 heteroatoms. The molecule has 0 unspecified atom stereocenters.